The first-order chi connectivity index (χ1) is 11.5. The summed E-state index contributed by atoms with van der Waals surface area (Å²) in [4.78, 5) is 35.8. The highest BCUT2D eigenvalue weighted by Crippen LogP contribution is 2.24. The molecule has 2 saturated heterocycles. The highest BCUT2D eigenvalue weighted by atomic mass is 16.5. The van der Waals surface area contributed by atoms with Crippen LogP contribution in [-0.2, 0) is 9.53 Å². The number of carbonyl (C=O) groups excluding carboxylic acids is 2. The summed E-state index contributed by atoms with van der Waals surface area (Å²) in [6.07, 6.45) is 5.67. The summed E-state index contributed by atoms with van der Waals surface area (Å²) in [7, 11) is 3.50. The Bertz CT molecular complexity index is 595. The number of fused-ring (bicyclic) bond motifs is 1. The van der Waals surface area contributed by atoms with E-state index in [0.29, 0.717) is 24.8 Å². The average molecular weight is 333 g/mol. The largest absolute Gasteiger partial charge is 0.375 e. The Kier molecular flexibility index (Phi) is 5.06. The van der Waals surface area contributed by atoms with E-state index in [0.717, 1.165) is 19.5 Å². The van der Waals surface area contributed by atoms with Gasteiger partial charge in [-0.3, -0.25) is 19.5 Å². The lowest BCUT2D eigenvalue weighted by Crippen LogP contribution is -2.47. The van der Waals surface area contributed by atoms with Crippen LogP contribution in [-0.4, -0.2) is 83.6 Å². The molecular formula is C16H23N5O3. The Morgan fingerprint density at radius 1 is 1.38 bits per heavy atom. The van der Waals surface area contributed by atoms with Gasteiger partial charge < -0.3 is 15.0 Å². The maximum absolute atomic E-state index is 12.2. The molecule has 0 aliphatic carbocycles. The van der Waals surface area contributed by atoms with Gasteiger partial charge in [0.15, 0.2) is 0 Å². The van der Waals surface area contributed by atoms with Crippen LogP contribution in [0.1, 0.15) is 23.3 Å². The fourth-order valence-corrected chi connectivity index (χ4v) is 3.22. The second-order valence-corrected chi connectivity index (χ2v) is 6.55. The van der Waals surface area contributed by atoms with E-state index in [2.05, 4.69) is 20.2 Å². The van der Waals surface area contributed by atoms with Crippen molar-refractivity contribution in [2.24, 2.45) is 0 Å². The van der Waals surface area contributed by atoms with Gasteiger partial charge in [0.1, 0.15) is 5.69 Å². The molecule has 2 amide bonds. The molecule has 2 aliphatic rings. The third-order valence-corrected chi connectivity index (χ3v) is 4.52. The number of carbonyl (C=O) groups is 2. The summed E-state index contributed by atoms with van der Waals surface area (Å²) in [5.74, 6) is -0.127. The van der Waals surface area contributed by atoms with Crippen LogP contribution in [0.5, 0.6) is 0 Å². The van der Waals surface area contributed by atoms with E-state index >= 15 is 0 Å². The van der Waals surface area contributed by atoms with Crippen LogP contribution in [0.15, 0.2) is 18.6 Å². The first-order valence-corrected chi connectivity index (χ1v) is 8.15. The highest BCUT2D eigenvalue weighted by Gasteiger charge is 2.38. The van der Waals surface area contributed by atoms with Crippen molar-refractivity contribution in [3.8, 4) is 0 Å². The average Bonchev–Trinajstić information content (AvgIpc) is 2.97. The molecule has 0 saturated carbocycles. The molecular weight excluding hydrogens is 310 g/mol. The monoisotopic (exact) mass is 333 g/mol. The zero-order valence-corrected chi connectivity index (χ0v) is 14.0. The molecule has 0 aromatic carbocycles. The van der Waals surface area contributed by atoms with Gasteiger partial charge in [0.25, 0.3) is 5.91 Å². The van der Waals surface area contributed by atoms with E-state index in [-0.39, 0.29) is 24.0 Å². The smallest absolute Gasteiger partial charge is 0.271 e. The van der Waals surface area contributed by atoms with Crippen molar-refractivity contribution >= 4 is 11.8 Å². The topological polar surface area (TPSA) is 87.7 Å². The predicted octanol–water partition coefficient (Wildman–Crippen LogP) is -0.474. The predicted molar refractivity (Wildman–Crippen MR) is 86.3 cm³/mol. The van der Waals surface area contributed by atoms with Crippen LogP contribution in [0.25, 0.3) is 0 Å². The molecule has 0 radical (unpaired) electrons. The summed E-state index contributed by atoms with van der Waals surface area (Å²) >= 11 is 0. The zero-order chi connectivity index (χ0) is 17.1. The second kappa shape index (κ2) is 7.23. The molecule has 0 unspecified atom stereocenters. The molecule has 0 bridgehead atoms. The Balaban J connectivity index is 1.52. The lowest BCUT2D eigenvalue weighted by Gasteiger charge is -2.35. The first kappa shape index (κ1) is 16.8. The van der Waals surface area contributed by atoms with Gasteiger partial charge in [-0.25, -0.2) is 4.98 Å². The minimum atomic E-state index is -0.201. The van der Waals surface area contributed by atoms with E-state index < -0.39 is 0 Å². The Hall–Kier alpha value is -2.06. The Morgan fingerprint density at radius 2 is 2.21 bits per heavy atom. The minimum absolute atomic E-state index is 0.0661. The van der Waals surface area contributed by atoms with Crippen molar-refractivity contribution in [3.63, 3.8) is 0 Å². The van der Waals surface area contributed by atoms with Crippen LogP contribution < -0.4 is 5.32 Å². The second-order valence-electron chi connectivity index (χ2n) is 6.55. The molecule has 2 fully saturated rings. The van der Waals surface area contributed by atoms with Crippen molar-refractivity contribution < 1.29 is 14.3 Å². The molecule has 1 aromatic rings. The maximum atomic E-state index is 12.2. The summed E-state index contributed by atoms with van der Waals surface area (Å²) in [6.45, 7) is 2.09. The van der Waals surface area contributed by atoms with Crippen LogP contribution in [0, 0.1) is 0 Å². The van der Waals surface area contributed by atoms with Crippen molar-refractivity contribution in [2.75, 3.05) is 33.8 Å². The third-order valence-electron chi connectivity index (χ3n) is 4.52. The summed E-state index contributed by atoms with van der Waals surface area (Å²) < 4.78 is 5.83. The van der Waals surface area contributed by atoms with Crippen molar-refractivity contribution in [3.05, 3.63) is 24.3 Å². The fourth-order valence-electron chi connectivity index (χ4n) is 3.22. The lowest BCUT2D eigenvalue weighted by atomic mass is 10.1. The van der Waals surface area contributed by atoms with Crippen molar-refractivity contribution in [2.45, 2.75) is 31.0 Å². The molecule has 8 nitrogen and oxygen atoms in total. The third kappa shape index (κ3) is 3.88. The zero-order valence-electron chi connectivity index (χ0n) is 14.0. The molecule has 24 heavy (non-hydrogen) atoms. The number of hydrogen-bond acceptors (Lipinski definition) is 6. The minimum Gasteiger partial charge on any atom is -0.375 e. The van der Waals surface area contributed by atoms with Gasteiger partial charge in [-0.1, -0.05) is 0 Å². The summed E-state index contributed by atoms with van der Waals surface area (Å²) in [6, 6.07) is 0.360. The van der Waals surface area contributed by atoms with Crippen LogP contribution in [0.3, 0.4) is 0 Å². The molecule has 130 valence electrons. The van der Waals surface area contributed by atoms with Gasteiger partial charge in [-0.2, -0.15) is 0 Å². The molecule has 1 N–H and O–H groups in total. The van der Waals surface area contributed by atoms with Crippen molar-refractivity contribution in [1.82, 2.24) is 25.1 Å². The van der Waals surface area contributed by atoms with E-state index in [9.17, 15) is 9.59 Å². The fraction of sp³-hybridized carbons (Fsp3) is 0.625. The number of rotatable bonds is 4. The van der Waals surface area contributed by atoms with Crippen LogP contribution in [0.4, 0.5) is 0 Å². The quantitative estimate of drug-likeness (QED) is 0.801. The van der Waals surface area contributed by atoms with Gasteiger partial charge in [-0.05, 0) is 6.42 Å². The van der Waals surface area contributed by atoms with Crippen LogP contribution in [0.2, 0.25) is 0 Å². The first-order valence-electron chi connectivity index (χ1n) is 8.15. The number of aromatic nitrogens is 2. The van der Waals surface area contributed by atoms with Gasteiger partial charge in [0.2, 0.25) is 5.91 Å². The molecule has 3 heterocycles. The normalized spacial score (nSPS) is 26.7. The van der Waals surface area contributed by atoms with Crippen LogP contribution >= 0.6 is 0 Å². The molecule has 3 rings (SSSR count). The Morgan fingerprint density at radius 3 is 2.92 bits per heavy atom. The number of nitrogens with one attached hydrogen (secondary N) is 1. The van der Waals surface area contributed by atoms with Gasteiger partial charge in [-0.15, -0.1) is 0 Å². The highest BCUT2D eigenvalue weighted by molar-refractivity contribution is 5.92. The van der Waals surface area contributed by atoms with Crippen molar-refractivity contribution in [1.29, 1.82) is 0 Å². The SMILES string of the molecule is CN(C)C(=O)C[C@H]1CN2C[C@H](NC(=O)c3cnccn3)C[C@H]2CO1. The number of ether oxygens (including phenoxy) is 1. The standard InChI is InChI=1S/C16H23N5O3/c1-20(2)15(22)6-13-9-21-8-11(5-12(21)10-24-13)19-16(23)14-7-17-3-4-18-14/h3-4,7,11-13H,5-6,8-10H2,1-2H3,(H,19,23)/t11-,12+,13+/m1/s1. The number of hydrogen-bond donors (Lipinski definition) is 1. The number of nitrogens with zero attached hydrogens (tertiary/aromatic N) is 4. The number of amides is 2. The summed E-state index contributed by atoms with van der Waals surface area (Å²) in [5.41, 5.74) is 0.327. The number of morpholine rings is 1. The molecule has 0 spiro atoms. The molecule has 3 atom stereocenters. The maximum Gasteiger partial charge on any atom is 0.271 e. The van der Waals surface area contributed by atoms with Gasteiger partial charge in [0, 0.05) is 51.7 Å². The molecule has 8 heteroatoms. The van der Waals surface area contributed by atoms with Gasteiger partial charge in [0.05, 0.1) is 25.3 Å². The van der Waals surface area contributed by atoms with E-state index in [1.54, 1.807) is 25.2 Å². The molecule has 1 aromatic heterocycles. The van der Waals surface area contributed by atoms with Gasteiger partial charge >= 0.3 is 0 Å². The van der Waals surface area contributed by atoms with E-state index in [1.165, 1.54) is 12.4 Å². The Labute approximate surface area is 141 Å². The molecule has 2 aliphatic heterocycles. The van der Waals surface area contributed by atoms with E-state index in [4.69, 9.17) is 4.74 Å². The van der Waals surface area contributed by atoms with E-state index in [1.807, 2.05) is 0 Å². The summed E-state index contributed by atoms with van der Waals surface area (Å²) in [5, 5.41) is 3.01. The lowest BCUT2D eigenvalue weighted by molar-refractivity contribution is -0.134.